The van der Waals surface area contributed by atoms with Crippen molar-refractivity contribution in [1.29, 1.82) is 0 Å². The molecule has 0 radical (unpaired) electrons. The summed E-state index contributed by atoms with van der Waals surface area (Å²) in [6, 6.07) is 17.9. The van der Waals surface area contributed by atoms with Crippen molar-refractivity contribution >= 4 is 15.7 Å². The first-order valence-corrected chi connectivity index (χ1v) is 10.8. The predicted molar refractivity (Wildman–Crippen MR) is 111 cm³/mol. The van der Waals surface area contributed by atoms with Crippen molar-refractivity contribution in [3.8, 4) is 0 Å². The topological polar surface area (TPSA) is 63.2 Å². The number of sulfone groups is 1. The molecule has 0 saturated heterocycles. The minimum absolute atomic E-state index is 0.132. The van der Waals surface area contributed by atoms with Gasteiger partial charge in [-0.25, -0.2) is 12.8 Å². The molecule has 4 nitrogen and oxygen atoms in total. The minimum Gasteiger partial charge on any atom is -0.348 e. The standard InChI is InChI=1S/C23H22FNO3S/c1-16-3-10-21(11-4-16)29(27,28)15-18-5-8-20(9-6-18)23(26)25-14-19-7-12-22(24)17(2)13-19/h3-13H,14-15H2,1-2H3,(H,25,26). The maximum atomic E-state index is 13.3. The summed E-state index contributed by atoms with van der Waals surface area (Å²) >= 11 is 0. The molecular formula is C23H22FNO3S. The number of benzene rings is 3. The van der Waals surface area contributed by atoms with Crippen LogP contribution in [0.25, 0.3) is 0 Å². The second-order valence-electron chi connectivity index (χ2n) is 7.04. The quantitative estimate of drug-likeness (QED) is 0.656. The molecule has 0 aliphatic rings. The molecule has 0 aliphatic heterocycles. The van der Waals surface area contributed by atoms with E-state index in [2.05, 4.69) is 5.32 Å². The van der Waals surface area contributed by atoms with Crippen LogP contribution in [0.2, 0.25) is 0 Å². The second kappa shape index (κ2) is 8.57. The Hall–Kier alpha value is -2.99. The normalized spacial score (nSPS) is 11.3. The summed E-state index contributed by atoms with van der Waals surface area (Å²) in [6.07, 6.45) is 0. The smallest absolute Gasteiger partial charge is 0.251 e. The number of hydrogen-bond acceptors (Lipinski definition) is 3. The number of aryl methyl sites for hydroxylation is 2. The Morgan fingerprint density at radius 2 is 1.52 bits per heavy atom. The third-order valence-corrected chi connectivity index (χ3v) is 6.33. The number of carbonyl (C=O) groups is 1. The highest BCUT2D eigenvalue weighted by atomic mass is 32.2. The molecule has 0 unspecified atom stereocenters. The van der Waals surface area contributed by atoms with Crippen LogP contribution in [0.4, 0.5) is 4.39 Å². The van der Waals surface area contributed by atoms with Gasteiger partial charge in [-0.05, 0) is 60.9 Å². The number of hydrogen-bond donors (Lipinski definition) is 1. The summed E-state index contributed by atoms with van der Waals surface area (Å²) in [5.41, 5.74) is 3.36. The lowest BCUT2D eigenvalue weighted by molar-refractivity contribution is 0.0951. The molecule has 1 N–H and O–H groups in total. The van der Waals surface area contributed by atoms with Crippen molar-refractivity contribution in [2.75, 3.05) is 0 Å². The Bertz CT molecular complexity index is 1120. The summed E-state index contributed by atoms with van der Waals surface area (Å²) in [6.45, 7) is 3.85. The molecule has 3 aromatic carbocycles. The van der Waals surface area contributed by atoms with Crippen molar-refractivity contribution in [3.63, 3.8) is 0 Å². The fourth-order valence-electron chi connectivity index (χ4n) is 2.90. The molecule has 0 fully saturated rings. The Balaban J connectivity index is 1.63. The molecule has 150 valence electrons. The Morgan fingerprint density at radius 3 is 2.14 bits per heavy atom. The maximum absolute atomic E-state index is 13.3. The highest BCUT2D eigenvalue weighted by Gasteiger charge is 2.15. The third-order valence-electron chi connectivity index (χ3n) is 4.63. The van der Waals surface area contributed by atoms with Crippen LogP contribution >= 0.6 is 0 Å². The van der Waals surface area contributed by atoms with Crippen molar-refractivity contribution in [2.45, 2.75) is 31.0 Å². The molecule has 0 aromatic heterocycles. The Kier molecular flexibility index (Phi) is 6.13. The van der Waals surface area contributed by atoms with Gasteiger partial charge in [0.1, 0.15) is 5.82 Å². The first kappa shape index (κ1) is 20.7. The van der Waals surface area contributed by atoms with E-state index < -0.39 is 9.84 Å². The summed E-state index contributed by atoms with van der Waals surface area (Å²) in [5, 5.41) is 2.78. The molecule has 29 heavy (non-hydrogen) atoms. The fourth-order valence-corrected chi connectivity index (χ4v) is 4.25. The average Bonchev–Trinajstić information content (AvgIpc) is 2.69. The Labute approximate surface area is 170 Å². The zero-order valence-electron chi connectivity index (χ0n) is 16.3. The highest BCUT2D eigenvalue weighted by Crippen LogP contribution is 2.18. The van der Waals surface area contributed by atoms with E-state index in [-0.39, 0.29) is 28.9 Å². The summed E-state index contributed by atoms with van der Waals surface area (Å²) < 4.78 is 38.4. The molecule has 0 saturated carbocycles. The van der Waals surface area contributed by atoms with E-state index in [0.29, 0.717) is 16.7 Å². The number of rotatable bonds is 6. The van der Waals surface area contributed by atoms with Gasteiger partial charge < -0.3 is 5.32 Å². The van der Waals surface area contributed by atoms with Gasteiger partial charge in [0, 0.05) is 12.1 Å². The van der Waals surface area contributed by atoms with E-state index in [9.17, 15) is 17.6 Å². The molecule has 3 rings (SSSR count). The van der Waals surface area contributed by atoms with Crippen molar-refractivity contribution in [2.24, 2.45) is 0 Å². The van der Waals surface area contributed by atoms with Crippen LogP contribution < -0.4 is 5.32 Å². The van der Waals surface area contributed by atoms with E-state index in [1.165, 1.54) is 6.07 Å². The predicted octanol–water partition coefficient (Wildman–Crippen LogP) is 4.35. The molecule has 0 atom stereocenters. The molecule has 0 heterocycles. The van der Waals surface area contributed by atoms with Crippen molar-refractivity contribution in [3.05, 3.63) is 100 Å². The molecule has 0 aliphatic carbocycles. The van der Waals surface area contributed by atoms with E-state index in [1.807, 2.05) is 6.92 Å². The molecule has 0 bridgehead atoms. The van der Waals surface area contributed by atoms with Crippen LogP contribution in [0.5, 0.6) is 0 Å². The van der Waals surface area contributed by atoms with Gasteiger partial charge in [-0.2, -0.15) is 0 Å². The van der Waals surface area contributed by atoms with Crippen LogP contribution in [0.15, 0.2) is 71.6 Å². The van der Waals surface area contributed by atoms with Gasteiger partial charge >= 0.3 is 0 Å². The van der Waals surface area contributed by atoms with Crippen LogP contribution in [0.3, 0.4) is 0 Å². The largest absolute Gasteiger partial charge is 0.348 e. The molecule has 1 amide bonds. The molecule has 3 aromatic rings. The molecular weight excluding hydrogens is 389 g/mol. The minimum atomic E-state index is -3.45. The summed E-state index contributed by atoms with van der Waals surface area (Å²) in [7, 11) is -3.45. The van der Waals surface area contributed by atoms with E-state index in [4.69, 9.17) is 0 Å². The van der Waals surface area contributed by atoms with Crippen LogP contribution in [-0.4, -0.2) is 14.3 Å². The number of nitrogens with one attached hydrogen (secondary N) is 1. The van der Waals surface area contributed by atoms with Gasteiger partial charge in [-0.3, -0.25) is 4.79 Å². The second-order valence-corrected chi connectivity index (χ2v) is 9.02. The van der Waals surface area contributed by atoms with Gasteiger partial charge in [-0.15, -0.1) is 0 Å². The number of halogens is 1. The van der Waals surface area contributed by atoms with Crippen molar-refractivity contribution in [1.82, 2.24) is 5.32 Å². The van der Waals surface area contributed by atoms with Gasteiger partial charge in [0.2, 0.25) is 0 Å². The van der Waals surface area contributed by atoms with Gasteiger partial charge in [-0.1, -0.05) is 42.0 Å². The lowest BCUT2D eigenvalue weighted by atomic mass is 10.1. The zero-order chi connectivity index (χ0) is 21.0. The maximum Gasteiger partial charge on any atom is 0.251 e. The Morgan fingerprint density at radius 1 is 0.897 bits per heavy atom. The monoisotopic (exact) mass is 411 g/mol. The SMILES string of the molecule is Cc1ccc(S(=O)(=O)Cc2ccc(C(=O)NCc3ccc(F)c(C)c3)cc2)cc1. The summed E-state index contributed by atoms with van der Waals surface area (Å²) in [5.74, 6) is -0.691. The molecule has 6 heteroatoms. The summed E-state index contributed by atoms with van der Waals surface area (Å²) in [4.78, 5) is 12.6. The zero-order valence-corrected chi connectivity index (χ0v) is 17.1. The van der Waals surface area contributed by atoms with Gasteiger partial charge in [0.15, 0.2) is 9.84 Å². The molecule has 0 spiro atoms. The number of amides is 1. The average molecular weight is 411 g/mol. The number of carbonyl (C=O) groups excluding carboxylic acids is 1. The van der Waals surface area contributed by atoms with E-state index >= 15 is 0 Å². The third kappa shape index (κ3) is 5.29. The van der Waals surface area contributed by atoms with E-state index in [1.54, 1.807) is 67.6 Å². The first-order valence-electron chi connectivity index (χ1n) is 9.16. The highest BCUT2D eigenvalue weighted by molar-refractivity contribution is 7.90. The van der Waals surface area contributed by atoms with Gasteiger partial charge in [0.25, 0.3) is 5.91 Å². The van der Waals surface area contributed by atoms with Crippen LogP contribution in [0, 0.1) is 19.7 Å². The lowest BCUT2D eigenvalue weighted by Crippen LogP contribution is -2.22. The van der Waals surface area contributed by atoms with Gasteiger partial charge in [0.05, 0.1) is 10.6 Å². The van der Waals surface area contributed by atoms with Crippen LogP contribution in [-0.2, 0) is 22.1 Å². The van der Waals surface area contributed by atoms with E-state index in [0.717, 1.165) is 11.1 Å². The van der Waals surface area contributed by atoms with Crippen LogP contribution in [0.1, 0.15) is 32.6 Å². The first-order chi connectivity index (χ1) is 13.7. The van der Waals surface area contributed by atoms with Crippen molar-refractivity contribution < 1.29 is 17.6 Å². The lowest BCUT2D eigenvalue weighted by Gasteiger charge is -2.08. The fraction of sp³-hybridized carbons (Fsp3) is 0.174.